The third-order valence-corrected chi connectivity index (χ3v) is 7.09. The fourth-order valence-corrected chi connectivity index (χ4v) is 5.59. The first-order valence-corrected chi connectivity index (χ1v) is 11.3. The fourth-order valence-electron chi connectivity index (χ4n) is 3.27. The van der Waals surface area contributed by atoms with Crippen LogP contribution in [-0.2, 0) is 27.6 Å². The van der Waals surface area contributed by atoms with Gasteiger partial charge in [0.25, 0.3) is 0 Å². The first-order valence-electron chi connectivity index (χ1n) is 8.72. The molecule has 0 spiro atoms. The Morgan fingerprint density at radius 2 is 2.19 bits per heavy atom. The monoisotopic (exact) mass is 455 g/mol. The number of hydrogen-bond acceptors (Lipinski definition) is 5. The maximum Gasteiger partial charge on any atom is 0.223 e. The van der Waals surface area contributed by atoms with Crippen molar-refractivity contribution in [2.24, 2.45) is 0 Å². The predicted octanol–water partition coefficient (Wildman–Crippen LogP) is 3.20. The first kappa shape index (κ1) is 19.9. The molecule has 8 heteroatoms. The molecule has 1 fully saturated rings. The summed E-state index contributed by atoms with van der Waals surface area (Å²) in [5.41, 5.74) is 1.01. The Bertz CT molecular complexity index is 895. The molecule has 0 bridgehead atoms. The van der Waals surface area contributed by atoms with Crippen molar-refractivity contribution in [1.29, 1.82) is 0 Å². The number of sulfone groups is 1. The van der Waals surface area contributed by atoms with E-state index >= 15 is 0 Å². The SMILES string of the molecule is COc1ccc(CCC(=O)N(Cc2ccco2)C2CCS(=O)(=O)C2)cc1Br. The van der Waals surface area contributed by atoms with Gasteiger partial charge in [-0.2, -0.15) is 0 Å². The van der Waals surface area contributed by atoms with Crippen molar-refractivity contribution in [3.8, 4) is 5.75 Å². The predicted molar refractivity (Wildman–Crippen MR) is 105 cm³/mol. The van der Waals surface area contributed by atoms with Crippen LogP contribution in [-0.4, -0.2) is 43.9 Å². The van der Waals surface area contributed by atoms with Crippen LogP contribution in [0.25, 0.3) is 0 Å². The summed E-state index contributed by atoms with van der Waals surface area (Å²) < 4.78 is 35.2. The average Bonchev–Trinajstić information content (AvgIpc) is 3.26. The van der Waals surface area contributed by atoms with Gasteiger partial charge in [-0.25, -0.2) is 8.42 Å². The maximum absolute atomic E-state index is 12.9. The smallest absolute Gasteiger partial charge is 0.223 e. The second kappa shape index (κ2) is 8.48. The van der Waals surface area contributed by atoms with Crippen molar-refractivity contribution in [2.45, 2.75) is 31.8 Å². The van der Waals surface area contributed by atoms with E-state index in [1.165, 1.54) is 0 Å². The molecule has 0 radical (unpaired) electrons. The zero-order valence-corrected chi connectivity index (χ0v) is 17.5. The third-order valence-electron chi connectivity index (χ3n) is 4.72. The Kier molecular flexibility index (Phi) is 6.26. The normalized spacial score (nSPS) is 18.4. The summed E-state index contributed by atoms with van der Waals surface area (Å²) in [7, 11) is -1.48. The molecule has 27 heavy (non-hydrogen) atoms. The number of aryl methyl sites for hydroxylation is 1. The largest absolute Gasteiger partial charge is 0.496 e. The lowest BCUT2D eigenvalue weighted by atomic mass is 10.1. The maximum atomic E-state index is 12.9. The molecule has 0 aliphatic carbocycles. The van der Waals surface area contributed by atoms with E-state index in [2.05, 4.69) is 15.9 Å². The molecule has 3 rings (SSSR count). The van der Waals surface area contributed by atoms with Crippen molar-refractivity contribution in [1.82, 2.24) is 4.90 Å². The first-order chi connectivity index (χ1) is 12.9. The van der Waals surface area contributed by atoms with Gasteiger partial charge in [-0.3, -0.25) is 4.79 Å². The van der Waals surface area contributed by atoms with Crippen LogP contribution in [0.1, 0.15) is 24.2 Å². The lowest BCUT2D eigenvalue weighted by Crippen LogP contribution is -2.40. The van der Waals surface area contributed by atoms with Crippen LogP contribution in [0.5, 0.6) is 5.75 Å². The Morgan fingerprint density at radius 3 is 2.78 bits per heavy atom. The van der Waals surface area contributed by atoms with Crippen LogP contribution in [0.15, 0.2) is 45.5 Å². The van der Waals surface area contributed by atoms with Gasteiger partial charge in [0.1, 0.15) is 11.5 Å². The summed E-state index contributed by atoms with van der Waals surface area (Å²) in [4.78, 5) is 14.6. The van der Waals surface area contributed by atoms with E-state index in [1.807, 2.05) is 18.2 Å². The molecular weight excluding hydrogens is 434 g/mol. The molecule has 146 valence electrons. The summed E-state index contributed by atoms with van der Waals surface area (Å²) in [6.07, 6.45) is 2.90. The number of carbonyl (C=O) groups is 1. The van der Waals surface area contributed by atoms with Crippen molar-refractivity contribution in [3.05, 3.63) is 52.4 Å². The van der Waals surface area contributed by atoms with Crippen molar-refractivity contribution >= 4 is 31.7 Å². The minimum atomic E-state index is -3.08. The Balaban J connectivity index is 1.69. The highest BCUT2D eigenvalue weighted by Crippen LogP contribution is 2.26. The topological polar surface area (TPSA) is 76.8 Å². The van der Waals surface area contributed by atoms with Crippen LogP contribution in [0, 0.1) is 0 Å². The van der Waals surface area contributed by atoms with Gasteiger partial charge in [0.05, 0.1) is 35.9 Å². The van der Waals surface area contributed by atoms with E-state index < -0.39 is 9.84 Å². The molecular formula is C19H22BrNO5S. The summed E-state index contributed by atoms with van der Waals surface area (Å²) >= 11 is 3.45. The molecule has 1 atom stereocenters. The summed E-state index contributed by atoms with van der Waals surface area (Å²) in [6, 6.07) is 8.98. The Morgan fingerprint density at radius 1 is 1.37 bits per heavy atom. The van der Waals surface area contributed by atoms with Gasteiger partial charge in [0, 0.05) is 12.5 Å². The number of rotatable bonds is 7. The van der Waals surface area contributed by atoms with E-state index in [0.717, 1.165) is 15.8 Å². The number of carbonyl (C=O) groups excluding carboxylic acids is 1. The molecule has 1 aliphatic rings. The Hall–Kier alpha value is -1.80. The summed E-state index contributed by atoms with van der Waals surface area (Å²) in [5.74, 6) is 1.47. The minimum absolute atomic E-state index is 0.0214. The molecule has 1 aliphatic heterocycles. The zero-order chi connectivity index (χ0) is 19.4. The van der Waals surface area contributed by atoms with Crippen molar-refractivity contribution in [3.63, 3.8) is 0 Å². The number of halogens is 1. The number of hydrogen-bond donors (Lipinski definition) is 0. The number of ether oxygens (including phenoxy) is 1. The highest BCUT2D eigenvalue weighted by Gasteiger charge is 2.34. The molecule has 6 nitrogen and oxygen atoms in total. The standard InChI is InChI=1S/C19H22BrNO5S/c1-25-18-6-4-14(11-17(18)20)5-7-19(22)21(12-16-3-2-9-26-16)15-8-10-27(23,24)13-15/h2-4,6,9,11,15H,5,7-8,10,12-13H2,1H3. The minimum Gasteiger partial charge on any atom is -0.496 e. The van der Waals surface area contributed by atoms with Crippen LogP contribution in [0.2, 0.25) is 0 Å². The summed E-state index contributed by atoms with van der Waals surface area (Å²) in [6.45, 7) is 0.290. The quantitative estimate of drug-likeness (QED) is 0.640. The lowest BCUT2D eigenvalue weighted by molar-refractivity contribution is -0.134. The molecule has 0 N–H and O–H groups in total. The van der Waals surface area contributed by atoms with Gasteiger partial charge in [0.15, 0.2) is 9.84 Å². The molecule has 1 aromatic heterocycles. The van der Waals surface area contributed by atoms with Crippen LogP contribution >= 0.6 is 15.9 Å². The van der Waals surface area contributed by atoms with E-state index in [1.54, 1.807) is 30.4 Å². The fraction of sp³-hybridized carbons (Fsp3) is 0.421. The van der Waals surface area contributed by atoms with Crippen molar-refractivity contribution < 1.29 is 22.4 Å². The molecule has 1 amide bonds. The van der Waals surface area contributed by atoms with Crippen LogP contribution in [0.4, 0.5) is 0 Å². The second-order valence-corrected chi connectivity index (χ2v) is 9.71. The highest BCUT2D eigenvalue weighted by atomic mass is 79.9. The highest BCUT2D eigenvalue weighted by molar-refractivity contribution is 9.10. The zero-order valence-electron chi connectivity index (χ0n) is 15.1. The molecule has 1 aromatic carbocycles. The van der Waals surface area contributed by atoms with Gasteiger partial charge in [0.2, 0.25) is 5.91 Å². The molecule has 1 unspecified atom stereocenters. The molecule has 2 heterocycles. The average molecular weight is 456 g/mol. The van der Waals surface area contributed by atoms with Gasteiger partial charge in [-0.05, 0) is 58.6 Å². The van der Waals surface area contributed by atoms with Crippen LogP contribution in [0.3, 0.4) is 0 Å². The number of benzene rings is 1. The molecule has 1 saturated heterocycles. The molecule has 2 aromatic rings. The Labute approximate surface area is 167 Å². The lowest BCUT2D eigenvalue weighted by Gasteiger charge is -2.27. The van der Waals surface area contributed by atoms with Gasteiger partial charge in [-0.15, -0.1) is 0 Å². The number of nitrogens with zero attached hydrogens (tertiary/aromatic N) is 1. The second-order valence-electron chi connectivity index (χ2n) is 6.63. The van der Waals surface area contributed by atoms with E-state index in [-0.39, 0.29) is 23.5 Å². The van der Waals surface area contributed by atoms with Crippen LogP contribution < -0.4 is 4.74 Å². The van der Waals surface area contributed by atoms with Gasteiger partial charge < -0.3 is 14.1 Å². The van der Waals surface area contributed by atoms with Gasteiger partial charge in [-0.1, -0.05) is 6.07 Å². The van der Waals surface area contributed by atoms with Crippen molar-refractivity contribution in [2.75, 3.05) is 18.6 Å². The third kappa shape index (κ3) is 5.13. The van der Waals surface area contributed by atoms with Gasteiger partial charge >= 0.3 is 0 Å². The van der Waals surface area contributed by atoms with E-state index in [9.17, 15) is 13.2 Å². The summed E-state index contributed by atoms with van der Waals surface area (Å²) in [5, 5.41) is 0. The van der Waals surface area contributed by atoms with E-state index in [4.69, 9.17) is 9.15 Å². The number of methoxy groups -OCH3 is 1. The molecule has 0 saturated carbocycles. The number of furan rings is 1. The van der Waals surface area contributed by atoms with E-state index in [0.29, 0.717) is 31.6 Å². The number of amides is 1.